The predicted octanol–water partition coefficient (Wildman–Crippen LogP) is 3.62. The second-order valence-corrected chi connectivity index (χ2v) is 8.53. The molecule has 31 heavy (non-hydrogen) atoms. The van der Waals surface area contributed by atoms with Crippen LogP contribution in [0.25, 0.3) is 0 Å². The minimum absolute atomic E-state index is 0.0459. The number of anilines is 1. The van der Waals surface area contributed by atoms with Crippen LogP contribution in [0, 0.1) is 0 Å². The lowest BCUT2D eigenvalue weighted by atomic mass is 10.0. The van der Waals surface area contributed by atoms with Crippen molar-refractivity contribution in [1.29, 1.82) is 0 Å². The first-order chi connectivity index (χ1) is 15.1. The molecule has 1 atom stereocenters. The molecule has 0 saturated carbocycles. The van der Waals surface area contributed by atoms with E-state index in [1.807, 2.05) is 42.5 Å². The first-order valence-electron chi connectivity index (χ1n) is 10.5. The van der Waals surface area contributed by atoms with Crippen LogP contribution in [0.5, 0.6) is 5.75 Å². The summed E-state index contributed by atoms with van der Waals surface area (Å²) in [7, 11) is 1.67. The number of carbonyl (C=O) groups excluding carboxylic acids is 2. The topological polar surface area (TPSA) is 96.7 Å². The monoisotopic (exact) mass is 442 g/mol. The lowest BCUT2D eigenvalue weighted by molar-refractivity contribution is -0.117. The molecule has 1 saturated heterocycles. The van der Waals surface area contributed by atoms with Gasteiger partial charge >= 0.3 is 6.03 Å². The number of hydrogen-bond donors (Lipinski definition) is 3. The van der Waals surface area contributed by atoms with Crippen LogP contribution in [0.3, 0.4) is 0 Å². The van der Waals surface area contributed by atoms with Crippen molar-refractivity contribution in [2.75, 3.05) is 37.8 Å². The molecule has 3 amide bonds. The average Bonchev–Trinajstić information content (AvgIpc) is 3.30. The van der Waals surface area contributed by atoms with Crippen LogP contribution in [0.2, 0.25) is 0 Å². The first kappa shape index (κ1) is 23.0. The van der Waals surface area contributed by atoms with Crippen LogP contribution in [0.4, 0.5) is 10.5 Å². The van der Waals surface area contributed by atoms with Crippen molar-refractivity contribution in [1.82, 2.24) is 10.2 Å². The summed E-state index contributed by atoms with van der Waals surface area (Å²) < 4.78 is 5.57. The quantitative estimate of drug-likeness (QED) is 0.488. The molecule has 0 bridgehead atoms. The standard InChI is InChI=1S/C23H30N4O3S/c1-30-20-10-4-2-8-17(20)19(27-13-6-7-14-27)16-25-23(29)26-18-9-3-5-11-21(18)31-15-12-22(24)28/h2-5,8-11,19H,6-7,12-16H2,1H3,(H2,24,28)(H2,25,26,29). The van der Waals surface area contributed by atoms with Gasteiger partial charge in [-0.05, 0) is 44.1 Å². The molecule has 4 N–H and O–H groups in total. The number of thioether (sulfide) groups is 1. The van der Waals surface area contributed by atoms with E-state index in [0.29, 0.717) is 24.4 Å². The van der Waals surface area contributed by atoms with Gasteiger partial charge in [-0.25, -0.2) is 4.79 Å². The van der Waals surface area contributed by atoms with Gasteiger partial charge in [-0.15, -0.1) is 11.8 Å². The molecule has 2 aromatic carbocycles. The number of primary amides is 1. The third-order valence-corrected chi connectivity index (χ3v) is 6.35. The number of urea groups is 1. The number of ether oxygens (including phenoxy) is 1. The third-order valence-electron chi connectivity index (χ3n) is 5.28. The Hall–Kier alpha value is -2.71. The number of carbonyl (C=O) groups is 2. The predicted molar refractivity (Wildman–Crippen MR) is 125 cm³/mol. The van der Waals surface area contributed by atoms with E-state index >= 15 is 0 Å². The van der Waals surface area contributed by atoms with E-state index in [9.17, 15) is 9.59 Å². The summed E-state index contributed by atoms with van der Waals surface area (Å²) in [5, 5.41) is 5.97. The van der Waals surface area contributed by atoms with Crippen molar-refractivity contribution >= 4 is 29.4 Å². The highest BCUT2D eigenvalue weighted by Crippen LogP contribution is 2.31. The fourth-order valence-corrected chi connectivity index (χ4v) is 4.72. The van der Waals surface area contributed by atoms with E-state index in [0.717, 1.165) is 42.1 Å². The van der Waals surface area contributed by atoms with E-state index < -0.39 is 0 Å². The van der Waals surface area contributed by atoms with Crippen molar-refractivity contribution in [2.24, 2.45) is 5.73 Å². The van der Waals surface area contributed by atoms with Crippen LogP contribution in [0.15, 0.2) is 53.4 Å². The van der Waals surface area contributed by atoms with E-state index in [-0.39, 0.29) is 18.0 Å². The van der Waals surface area contributed by atoms with Gasteiger partial charge in [-0.3, -0.25) is 9.69 Å². The van der Waals surface area contributed by atoms with Gasteiger partial charge in [0, 0.05) is 29.2 Å². The van der Waals surface area contributed by atoms with Gasteiger partial charge in [0.1, 0.15) is 5.75 Å². The summed E-state index contributed by atoms with van der Waals surface area (Å²) >= 11 is 1.50. The van der Waals surface area contributed by atoms with Gasteiger partial charge < -0.3 is 21.1 Å². The Balaban J connectivity index is 1.65. The van der Waals surface area contributed by atoms with Crippen molar-refractivity contribution in [2.45, 2.75) is 30.2 Å². The van der Waals surface area contributed by atoms with E-state index in [4.69, 9.17) is 10.5 Å². The highest BCUT2D eigenvalue weighted by atomic mass is 32.2. The molecule has 0 aliphatic carbocycles. The van der Waals surface area contributed by atoms with E-state index in [2.05, 4.69) is 21.6 Å². The Morgan fingerprint density at radius 2 is 1.84 bits per heavy atom. The maximum absolute atomic E-state index is 12.7. The first-order valence-corrected chi connectivity index (χ1v) is 11.5. The van der Waals surface area contributed by atoms with Crippen LogP contribution in [-0.2, 0) is 4.79 Å². The number of nitrogens with two attached hydrogens (primary N) is 1. The molecule has 0 radical (unpaired) electrons. The number of benzene rings is 2. The minimum Gasteiger partial charge on any atom is -0.496 e. The highest BCUT2D eigenvalue weighted by Gasteiger charge is 2.26. The Bertz CT molecular complexity index is 887. The largest absolute Gasteiger partial charge is 0.496 e. The second-order valence-electron chi connectivity index (χ2n) is 7.40. The Kier molecular flexibility index (Phi) is 8.61. The maximum Gasteiger partial charge on any atom is 0.319 e. The molecule has 1 unspecified atom stereocenters. The number of para-hydroxylation sites is 2. The molecule has 0 spiro atoms. The SMILES string of the molecule is COc1ccccc1C(CNC(=O)Nc1ccccc1SCCC(N)=O)N1CCCC1. The number of nitrogens with one attached hydrogen (secondary N) is 2. The summed E-state index contributed by atoms with van der Waals surface area (Å²) in [6.45, 7) is 2.49. The van der Waals surface area contributed by atoms with Crippen LogP contribution < -0.4 is 21.1 Å². The second kappa shape index (κ2) is 11.6. The van der Waals surface area contributed by atoms with Crippen LogP contribution >= 0.6 is 11.8 Å². The average molecular weight is 443 g/mol. The van der Waals surface area contributed by atoms with Crippen LogP contribution in [-0.4, -0.2) is 49.3 Å². The number of rotatable bonds is 10. The molecular formula is C23H30N4O3S. The van der Waals surface area contributed by atoms with Crippen molar-refractivity contribution in [3.8, 4) is 5.75 Å². The van der Waals surface area contributed by atoms with Gasteiger partial charge in [-0.1, -0.05) is 30.3 Å². The molecule has 8 heteroatoms. The zero-order valence-electron chi connectivity index (χ0n) is 17.8. The summed E-state index contributed by atoms with van der Waals surface area (Å²) in [5.74, 6) is 1.07. The lowest BCUT2D eigenvalue weighted by Gasteiger charge is -2.29. The van der Waals surface area contributed by atoms with E-state index in [1.165, 1.54) is 11.8 Å². The molecule has 166 valence electrons. The molecular weight excluding hydrogens is 412 g/mol. The molecule has 1 fully saturated rings. The fraction of sp³-hybridized carbons (Fsp3) is 0.391. The third kappa shape index (κ3) is 6.63. The molecule has 1 heterocycles. The van der Waals surface area contributed by atoms with Gasteiger partial charge in [-0.2, -0.15) is 0 Å². The molecule has 3 rings (SSSR count). The van der Waals surface area contributed by atoms with Gasteiger partial charge in [0.2, 0.25) is 5.91 Å². The number of hydrogen-bond acceptors (Lipinski definition) is 5. The summed E-state index contributed by atoms with van der Waals surface area (Å²) in [5.41, 5.74) is 7.01. The molecule has 7 nitrogen and oxygen atoms in total. The number of likely N-dealkylation sites (tertiary alicyclic amines) is 1. The number of methoxy groups -OCH3 is 1. The summed E-state index contributed by atoms with van der Waals surface area (Å²) in [6, 6.07) is 15.3. The van der Waals surface area contributed by atoms with Crippen molar-refractivity contribution in [3.63, 3.8) is 0 Å². The van der Waals surface area contributed by atoms with Crippen molar-refractivity contribution < 1.29 is 14.3 Å². The zero-order valence-corrected chi connectivity index (χ0v) is 18.6. The minimum atomic E-state index is -0.333. The molecule has 1 aliphatic heterocycles. The lowest BCUT2D eigenvalue weighted by Crippen LogP contribution is -2.38. The Morgan fingerprint density at radius 3 is 2.58 bits per heavy atom. The van der Waals surface area contributed by atoms with E-state index in [1.54, 1.807) is 7.11 Å². The van der Waals surface area contributed by atoms with Gasteiger partial charge in [0.25, 0.3) is 0 Å². The number of nitrogens with zero attached hydrogens (tertiary/aromatic N) is 1. The smallest absolute Gasteiger partial charge is 0.319 e. The fourth-order valence-electron chi connectivity index (χ4n) is 3.74. The zero-order chi connectivity index (χ0) is 22.1. The normalized spacial score (nSPS) is 14.7. The number of amides is 3. The van der Waals surface area contributed by atoms with Gasteiger partial charge in [0.15, 0.2) is 0 Å². The Morgan fingerprint density at radius 1 is 1.13 bits per heavy atom. The summed E-state index contributed by atoms with van der Waals surface area (Å²) in [6.07, 6.45) is 2.61. The summed E-state index contributed by atoms with van der Waals surface area (Å²) in [4.78, 5) is 27.0. The van der Waals surface area contributed by atoms with Crippen molar-refractivity contribution in [3.05, 3.63) is 54.1 Å². The molecule has 2 aromatic rings. The molecule has 0 aromatic heterocycles. The Labute approximate surface area is 187 Å². The molecule has 1 aliphatic rings. The highest BCUT2D eigenvalue weighted by molar-refractivity contribution is 7.99. The van der Waals surface area contributed by atoms with Crippen LogP contribution in [0.1, 0.15) is 30.9 Å². The maximum atomic E-state index is 12.7. The van der Waals surface area contributed by atoms with Gasteiger partial charge in [0.05, 0.1) is 18.8 Å².